The van der Waals surface area contributed by atoms with E-state index in [9.17, 15) is 0 Å². The van der Waals surface area contributed by atoms with Gasteiger partial charge in [-0.25, -0.2) is 0 Å². The lowest BCUT2D eigenvalue weighted by atomic mass is 10.2. The third kappa shape index (κ3) is 2.61. The lowest BCUT2D eigenvalue weighted by Gasteiger charge is -1.98. The van der Waals surface area contributed by atoms with Crippen LogP contribution >= 0.6 is 23.3 Å². The predicted molar refractivity (Wildman–Crippen MR) is 73.8 cm³/mol. The highest BCUT2D eigenvalue weighted by Crippen LogP contribution is 2.28. The van der Waals surface area contributed by atoms with Crippen LogP contribution in [0.3, 0.4) is 0 Å². The number of rotatable bonds is 4. The Kier molecular flexibility index (Phi) is 3.03. The molecule has 0 radical (unpaired) electrons. The summed E-state index contributed by atoms with van der Waals surface area (Å²) in [5.41, 5.74) is 1.09. The van der Waals surface area contributed by atoms with Gasteiger partial charge in [0, 0.05) is 28.0 Å². The van der Waals surface area contributed by atoms with E-state index in [0.717, 1.165) is 16.5 Å². The summed E-state index contributed by atoms with van der Waals surface area (Å²) in [6, 6.07) is 9.00. The second-order valence-electron chi connectivity index (χ2n) is 4.07. The molecule has 1 aliphatic carbocycles. The van der Waals surface area contributed by atoms with Crippen molar-refractivity contribution >= 4 is 28.4 Å². The van der Waals surface area contributed by atoms with Crippen molar-refractivity contribution in [2.45, 2.75) is 23.8 Å². The Balaban J connectivity index is 1.79. The fourth-order valence-electron chi connectivity index (χ4n) is 1.54. The molecule has 0 aliphatic heterocycles. The molecule has 0 amide bonds. The topological polar surface area (TPSA) is 37.8 Å². The predicted octanol–water partition coefficient (Wildman–Crippen LogP) is 3.50. The number of nitrogens with one attached hydrogen (secondary N) is 1. The molecular formula is C12H13N3S2. The van der Waals surface area contributed by atoms with Crippen LogP contribution < -0.4 is 5.32 Å². The van der Waals surface area contributed by atoms with E-state index in [1.54, 1.807) is 11.8 Å². The molecular weight excluding hydrogens is 250 g/mol. The van der Waals surface area contributed by atoms with Crippen molar-refractivity contribution < 1.29 is 0 Å². The smallest absolute Gasteiger partial charge is 0.203 e. The fourth-order valence-corrected chi connectivity index (χ4v) is 2.62. The molecule has 1 N–H and O–H groups in total. The van der Waals surface area contributed by atoms with E-state index in [-0.39, 0.29) is 0 Å². The van der Waals surface area contributed by atoms with E-state index in [1.165, 1.54) is 29.3 Å². The van der Waals surface area contributed by atoms with Crippen molar-refractivity contribution in [2.75, 3.05) is 11.6 Å². The molecule has 3 rings (SSSR count). The van der Waals surface area contributed by atoms with Gasteiger partial charge in [0.2, 0.25) is 5.13 Å². The zero-order valence-corrected chi connectivity index (χ0v) is 11.1. The maximum atomic E-state index is 4.51. The van der Waals surface area contributed by atoms with E-state index in [0.29, 0.717) is 6.04 Å². The van der Waals surface area contributed by atoms with Gasteiger partial charge in [0.25, 0.3) is 0 Å². The van der Waals surface area contributed by atoms with Crippen molar-refractivity contribution in [3.8, 4) is 11.4 Å². The average molecular weight is 263 g/mol. The molecule has 1 heterocycles. The summed E-state index contributed by atoms with van der Waals surface area (Å²) in [5.74, 6) is 0.825. The number of anilines is 1. The lowest BCUT2D eigenvalue weighted by Crippen LogP contribution is -1.99. The van der Waals surface area contributed by atoms with Crippen LogP contribution in [0.4, 0.5) is 5.13 Å². The van der Waals surface area contributed by atoms with E-state index < -0.39 is 0 Å². The summed E-state index contributed by atoms with van der Waals surface area (Å²) in [6.45, 7) is 0. The van der Waals surface area contributed by atoms with Crippen LogP contribution in [0, 0.1) is 0 Å². The minimum absolute atomic E-state index is 0.634. The molecule has 0 atom stereocenters. The molecule has 2 aromatic rings. The normalized spacial score (nSPS) is 14.9. The molecule has 0 bridgehead atoms. The molecule has 0 unspecified atom stereocenters. The van der Waals surface area contributed by atoms with Crippen molar-refractivity contribution in [3.05, 3.63) is 24.3 Å². The standard InChI is InChI=1S/C12H13N3S2/c1-16-10-6-2-8(3-7-10)11-14-12(17-15-11)13-9-4-5-9/h2-3,6-7,9H,4-5H2,1H3,(H,13,14,15). The van der Waals surface area contributed by atoms with Crippen molar-refractivity contribution in [1.29, 1.82) is 0 Å². The monoisotopic (exact) mass is 263 g/mol. The number of thioether (sulfide) groups is 1. The van der Waals surface area contributed by atoms with Gasteiger partial charge in [0.1, 0.15) is 0 Å². The Labute approximate surface area is 109 Å². The van der Waals surface area contributed by atoms with Crippen LogP contribution in [0.2, 0.25) is 0 Å². The summed E-state index contributed by atoms with van der Waals surface area (Å²) in [7, 11) is 0. The van der Waals surface area contributed by atoms with Crippen LogP contribution in [0.1, 0.15) is 12.8 Å². The third-order valence-electron chi connectivity index (χ3n) is 2.68. The highest BCUT2D eigenvalue weighted by atomic mass is 32.2. The number of nitrogens with zero attached hydrogens (tertiary/aromatic N) is 2. The van der Waals surface area contributed by atoms with Crippen LogP contribution in [0.5, 0.6) is 0 Å². The maximum absolute atomic E-state index is 4.51. The summed E-state index contributed by atoms with van der Waals surface area (Å²) >= 11 is 3.19. The molecule has 1 aromatic heterocycles. The molecule has 88 valence electrons. The SMILES string of the molecule is CSc1ccc(-c2nsc(NC3CC3)n2)cc1. The first kappa shape index (κ1) is 11.0. The molecule has 3 nitrogen and oxygen atoms in total. The third-order valence-corrected chi connectivity index (χ3v) is 4.07. The van der Waals surface area contributed by atoms with E-state index >= 15 is 0 Å². The highest BCUT2D eigenvalue weighted by Gasteiger charge is 2.22. The van der Waals surface area contributed by atoms with Crippen molar-refractivity contribution in [3.63, 3.8) is 0 Å². The average Bonchev–Trinajstić information content (AvgIpc) is 3.06. The number of aromatic nitrogens is 2. The fraction of sp³-hybridized carbons (Fsp3) is 0.333. The number of hydrogen-bond donors (Lipinski definition) is 1. The van der Waals surface area contributed by atoms with Gasteiger partial charge in [0.15, 0.2) is 5.82 Å². The maximum Gasteiger partial charge on any atom is 0.203 e. The summed E-state index contributed by atoms with van der Waals surface area (Å²) in [4.78, 5) is 5.77. The van der Waals surface area contributed by atoms with Gasteiger partial charge in [-0.1, -0.05) is 12.1 Å². The molecule has 1 saturated carbocycles. The highest BCUT2D eigenvalue weighted by molar-refractivity contribution is 7.98. The summed E-state index contributed by atoms with van der Waals surface area (Å²) in [6.07, 6.45) is 4.60. The number of benzene rings is 1. The van der Waals surface area contributed by atoms with Gasteiger partial charge in [-0.3, -0.25) is 0 Å². The first-order valence-electron chi connectivity index (χ1n) is 5.60. The Bertz CT molecular complexity index is 503. The second kappa shape index (κ2) is 4.66. The molecule has 1 aromatic carbocycles. The molecule has 0 saturated heterocycles. The summed E-state index contributed by atoms with van der Waals surface area (Å²) < 4.78 is 4.38. The van der Waals surface area contributed by atoms with E-state index in [1.807, 2.05) is 0 Å². The Hall–Kier alpha value is -1.07. The van der Waals surface area contributed by atoms with Crippen LogP contribution in [-0.4, -0.2) is 21.7 Å². The van der Waals surface area contributed by atoms with Gasteiger partial charge < -0.3 is 5.32 Å². The Morgan fingerprint density at radius 2 is 2.06 bits per heavy atom. The van der Waals surface area contributed by atoms with Crippen LogP contribution in [0.25, 0.3) is 11.4 Å². The molecule has 17 heavy (non-hydrogen) atoms. The van der Waals surface area contributed by atoms with Gasteiger partial charge >= 0.3 is 0 Å². The molecule has 1 aliphatic rings. The molecule has 0 spiro atoms. The van der Waals surface area contributed by atoms with Gasteiger partial charge in [-0.15, -0.1) is 11.8 Å². The Morgan fingerprint density at radius 1 is 1.29 bits per heavy atom. The zero-order valence-electron chi connectivity index (χ0n) is 9.51. The van der Waals surface area contributed by atoms with Gasteiger partial charge in [-0.2, -0.15) is 9.36 Å². The first-order chi connectivity index (χ1) is 8.35. The van der Waals surface area contributed by atoms with E-state index in [2.05, 4.69) is 45.2 Å². The lowest BCUT2D eigenvalue weighted by molar-refractivity contribution is 1.14. The minimum atomic E-state index is 0.634. The second-order valence-corrected chi connectivity index (χ2v) is 5.70. The van der Waals surface area contributed by atoms with Crippen LogP contribution in [0.15, 0.2) is 29.2 Å². The van der Waals surface area contributed by atoms with Crippen molar-refractivity contribution in [1.82, 2.24) is 9.36 Å². The Morgan fingerprint density at radius 3 is 2.71 bits per heavy atom. The van der Waals surface area contributed by atoms with Gasteiger partial charge in [0.05, 0.1) is 0 Å². The quantitative estimate of drug-likeness (QED) is 0.857. The van der Waals surface area contributed by atoms with E-state index in [4.69, 9.17) is 0 Å². The largest absolute Gasteiger partial charge is 0.358 e. The number of hydrogen-bond acceptors (Lipinski definition) is 5. The van der Waals surface area contributed by atoms with Gasteiger partial charge in [-0.05, 0) is 31.2 Å². The summed E-state index contributed by atoms with van der Waals surface area (Å²) in [5, 5.41) is 4.31. The molecule has 1 fully saturated rings. The van der Waals surface area contributed by atoms with Crippen molar-refractivity contribution in [2.24, 2.45) is 0 Å². The molecule has 5 heteroatoms. The zero-order chi connectivity index (χ0) is 11.7. The minimum Gasteiger partial charge on any atom is -0.358 e. The first-order valence-corrected chi connectivity index (χ1v) is 7.59. The van der Waals surface area contributed by atoms with Crippen LogP contribution in [-0.2, 0) is 0 Å².